The highest BCUT2D eigenvalue weighted by molar-refractivity contribution is 5.76. The summed E-state index contributed by atoms with van der Waals surface area (Å²) in [5, 5.41) is 3.17. The number of anilines is 1. The molecule has 162 valence electrons. The van der Waals surface area contributed by atoms with E-state index >= 15 is 0 Å². The molecule has 0 aliphatic carbocycles. The molecule has 5 heteroatoms. The number of nitrogens with one attached hydrogen (secondary N) is 1. The summed E-state index contributed by atoms with van der Waals surface area (Å²) < 4.78 is 5.59. The zero-order valence-electron chi connectivity index (χ0n) is 18.7. The predicted octanol–water partition coefficient (Wildman–Crippen LogP) is 4.47. The van der Waals surface area contributed by atoms with Crippen molar-refractivity contribution in [2.75, 3.05) is 24.6 Å². The first-order chi connectivity index (χ1) is 14.4. The fraction of sp³-hybridized carbons (Fsp3) is 0.520. The third-order valence-electron chi connectivity index (χ3n) is 6.30. The summed E-state index contributed by atoms with van der Waals surface area (Å²) in [6.45, 7) is 11.3. The van der Waals surface area contributed by atoms with Gasteiger partial charge in [0, 0.05) is 43.6 Å². The van der Waals surface area contributed by atoms with Gasteiger partial charge in [0.2, 0.25) is 5.91 Å². The smallest absolute Gasteiger partial charge is 0.220 e. The van der Waals surface area contributed by atoms with Crippen molar-refractivity contribution in [2.45, 2.75) is 53.0 Å². The minimum absolute atomic E-state index is 0.114. The highest BCUT2D eigenvalue weighted by Crippen LogP contribution is 2.40. The molecule has 1 N–H and O–H groups in total. The lowest BCUT2D eigenvalue weighted by atomic mass is 9.72. The number of nitrogens with zero attached hydrogens (tertiary/aromatic N) is 2. The Morgan fingerprint density at radius 1 is 1.27 bits per heavy atom. The number of ether oxygens (including phenoxy) is 1. The van der Waals surface area contributed by atoms with Crippen molar-refractivity contribution in [1.29, 1.82) is 0 Å². The minimum atomic E-state index is 0.114. The van der Waals surface area contributed by atoms with E-state index in [9.17, 15) is 4.79 Å². The molecule has 1 aliphatic rings. The molecule has 2 unspecified atom stereocenters. The van der Waals surface area contributed by atoms with E-state index in [1.807, 2.05) is 37.4 Å². The second kappa shape index (κ2) is 9.96. The number of carbonyl (C=O) groups is 1. The van der Waals surface area contributed by atoms with E-state index < -0.39 is 0 Å². The maximum atomic E-state index is 12.4. The van der Waals surface area contributed by atoms with Crippen molar-refractivity contribution in [3.8, 4) is 5.75 Å². The van der Waals surface area contributed by atoms with Gasteiger partial charge in [-0.05, 0) is 73.9 Å². The lowest BCUT2D eigenvalue weighted by Gasteiger charge is -2.49. The maximum Gasteiger partial charge on any atom is 0.220 e. The van der Waals surface area contributed by atoms with E-state index in [0.717, 1.165) is 37.2 Å². The van der Waals surface area contributed by atoms with Crippen LogP contribution in [0.15, 0.2) is 48.8 Å². The monoisotopic (exact) mass is 409 g/mol. The van der Waals surface area contributed by atoms with Crippen LogP contribution in [0.1, 0.15) is 46.1 Å². The van der Waals surface area contributed by atoms with Crippen molar-refractivity contribution in [3.05, 3.63) is 54.4 Å². The second-order valence-electron chi connectivity index (χ2n) is 8.98. The molecule has 1 saturated heterocycles. The summed E-state index contributed by atoms with van der Waals surface area (Å²) in [7, 11) is 0. The molecule has 0 spiro atoms. The SMILES string of the molecule is CCOc1ccc(N2CC(CNC(=O)CCc3cccnc3)CC(C)(C)C2C)cc1. The van der Waals surface area contributed by atoms with E-state index in [2.05, 4.69) is 48.1 Å². The third-order valence-corrected chi connectivity index (χ3v) is 6.30. The Kier molecular flexibility index (Phi) is 7.35. The van der Waals surface area contributed by atoms with Crippen LogP contribution in [0.4, 0.5) is 5.69 Å². The number of hydrogen-bond donors (Lipinski definition) is 1. The third kappa shape index (κ3) is 5.74. The second-order valence-corrected chi connectivity index (χ2v) is 8.98. The molecular formula is C25H35N3O2. The Morgan fingerprint density at radius 3 is 2.70 bits per heavy atom. The van der Waals surface area contributed by atoms with E-state index in [0.29, 0.717) is 25.0 Å². The summed E-state index contributed by atoms with van der Waals surface area (Å²) >= 11 is 0. The molecule has 0 radical (unpaired) electrons. The van der Waals surface area contributed by atoms with Gasteiger partial charge >= 0.3 is 0 Å². The summed E-state index contributed by atoms with van der Waals surface area (Å²) in [6, 6.07) is 12.7. The molecule has 5 nitrogen and oxygen atoms in total. The molecule has 2 atom stereocenters. The van der Waals surface area contributed by atoms with Crippen LogP contribution in [-0.2, 0) is 11.2 Å². The number of aryl methyl sites for hydroxylation is 1. The number of piperidine rings is 1. The highest BCUT2D eigenvalue weighted by Gasteiger charge is 2.39. The van der Waals surface area contributed by atoms with Gasteiger partial charge in [0.15, 0.2) is 0 Å². The Hall–Kier alpha value is -2.56. The van der Waals surface area contributed by atoms with E-state index in [1.54, 1.807) is 6.20 Å². The lowest BCUT2D eigenvalue weighted by molar-refractivity contribution is -0.121. The zero-order valence-corrected chi connectivity index (χ0v) is 18.7. The maximum absolute atomic E-state index is 12.4. The van der Waals surface area contributed by atoms with Crippen molar-refractivity contribution in [1.82, 2.24) is 10.3 Å². The molecular weight excluding hydrogens is 374 g/mol. The van der Waals surface area contributed by atoms with Crippen molar-refractivity contribution in [2.24, 2.45) is 11.3 Å². The molecule has 2 heterocycles. The molecule has 1 aromatic heterocycles. The van der Waals surface area contributed by atoms with Gasteiger partial charge in [0.05, 0.1) is 6.61 Å². The van der Waals surface area contributed by atoms with Crippen LogP contribution in [-0.4, -0.2) is 36.6 Å². The number of aromatic nitrogens is 1. The van der Waals surface area contributed by atoms with Gasteiger partial charge in [-0.3, -0.25) is 9.78 Å². The summed E-state index contributed by atoms with van der Waals surface area (Å²) in [6.07, 6.45) is 5.91. The molecule has 1 amide bonds. The first-order valence-corrected chi connectivity index (χ1v) is 11.0. The number of hydrogen-bond acceptors (Lipinski definition) is 4. The van der Waals surface area contributed by atoms with E-state index in [1.165, 1.54) is 5.69 Å². The zero-order chi connectivity index (χ0) is 21.6. The largest absolute Gasteiger partial charge is 0.494 e. The van der Waals surface area contributed by atoms with Gasteiger partial charge in [0.1, 0.15) is 5.75 Å². The average molecular weight is 410 g/mol. The van der Waals surface area contributed by atoms with Crippen LogP contribution < -0.4 is 15.0 Å². The van der Waals surface area contributed by atoms with E-state index in [4.69, 9.17) is 4.74 Å². The van der Waals surface area contributed by atoms with E-state index in [-0.39, 0.29) is 11.3 Å². The molecule has 3 rings (SSSR count). The van der Waals surface area contributed by atoms with Gasteiger partial charge in [-0.15, -0.1) is 0 Å². The number of rotatable bonds is 8. The van der Waals surface area contributed by atoms with Gasteiger partial charge in [-0.2, -0.15) is 0 Å². The molecule has 1 aromatic carbocycles. The first kappa shape index (κ1) is 22.1. The van der Waals surface area contributed by atoms with Gasteiger partial charge in [-0.1, -0.05) is 19.9 Å². The molecule has 2 aromatic rings. The Labute approximate surface area is 180 Å². The average Bonchev–Trinajstić information content (AvgIpc) is 2.74. The van der Waals surface area contributed by atoms with Crippen LogP contribution in [0.3, 0.4) is 0 Å². The minimum Gasteiger partial charge on any atom is -0.494 e. The fourth-order valence-corrected chi connectivity index (χ4v) is 4.35. The van der Waals surface area contributed by atoms with Crippen molar-refractivity contribution >= 4 is 11.6 Å². The van der Waals surface area contributed by atoms with Crippen LogP contribution in [0, 0.1) is 11.3 Å². The quantitative estimate of drug-likeness (QED) is 0.699. The number of carbonyl (C=O) groups excluding carboxylic acids is 1. The van der Waals surface area contributed by atoms with Crippen LogP contribution in [0.5, 0.6) is 5.75 Å². The van der Waals surface area contributed by atoms with Crippen LogP contribution >= 0.6 is 0 Å². The molecule has 30 heavy (non-hydrogen) atoms. The Bertz CT molecular complexity index is 805. The molecule has 1 fully saturated rings. The van der Waals surface area contributed by atoms with Crippen molar-refractivity contribution < 1.29 is 9.53 Å². The molecule has 0 bridgehead atoms. The van der Waals surface area contributed by atoms with Gasteiger partial charge in [-0.25, -0.2) is 0 Å². The standard InChI is InChI=1S/C25H35N3O2/c1-5-30-23-11-9-22(10-12-23)28-18-21(15-25(3,4)19(28)2)17-27-24(29)13-8-20-7-6-14-26-16-20/h6-7,9-12,14,16,19,21H,5,8,13,15,17-18H2,1-4H3,(H,27,29). The van der Waals surface area contributed by atoms with Crippen molar-refractivity contribution in [3.63, 3.8) is 0 Å². The number of benzene rings is 1. The topological polar surface area (TPSA) is 54.5 Å². The number of pyridine rings is 1. The first-order valence-electron chi connectivity index (χ1n) is 11.0. The predicted molar refractivity (Wildman–Crippen MR) is 122 cm³/mol. The summed E-state index contributed by atoms with van der Waals surface area (Å²) in [5.41, 5.74) is 2.48. The number of amides is 1. The summed E-state index contributed by atoms with van der Waals surface area (Å²) in [5.74, 6) is 1.44. The normalized spacial score (nSPS) is 20.6. The summed E-state index contributed by atoms with van der Waals surface area (Å²) in [4.78, 5) is 19.0. The fourth-order valence-electron chi connectivity index (χ4n) is 4.35. The van der Waals surface area contributed by atoms with Crippen LogP contribution in [0.25, 0.3) is 0 Å². The van der Waals surface area contributed by atoms with Gasteiger partial charge in [0.25, 0.3) is 0 Å². The molecule has 0 saturated carbocycles. The Morgan fingerprint density at radius 2 is 2.03 bits per heavy atom. The highest BCUT2D eigenvalue weighted by atomic mass is 16.5. The lowest BCUT2D eigenvalue weighted by Crippen LogP contribution is -2.53. The van der Waals surface area contributed by atoms with Gasteiger partial charge < -0.3 is 15.0 Å². The Balaban J connectivity index is 1.57. The van der Waals surface area contributed by atoms with Crippen LogP contribution in [0.2, 0.25) is 0 Å². The molecule has 1 aliphatic heterocycles.